The van der Waals surface area contributed by atoms with Gasteiger partial charge in [0, 0.05) is 58.5 Å². The number of ketones is 3. The van der Waals surface area contributed by atoms with Crippen LogP contribution in [0.1, 0.15) is 132 Å². The number of aliphatic hydroxyl groups is 3. The van der Waals surface area contributed by atoms with Gasteiger partial charge in [-0.15, -0.1) is 0 Å². The van der Waals surface area contributed by atoms with Crippen LogP contribution in [0, 0.1) is 35.5 Å². The molecule has 0 aromatic heterocycles. The van der Waals surface area contributed by atoms with Gasteiger partial charge in [0.1, 0.15) is 29.6 Å². The monoisotopic (exact) mass is 928 g/mol. The Balaban J connectivity index is 1.73. The van der Waals surface area contributed by atoms with E-state index in [1.165, 1.54) is 12.0 Å². The molecule has 14 nitrogen and oxygen atoms in total. The fraction of sp³-hybridized carbons (Fsp3) is 0.750. The van der Waals surface area contributed by atoms with Crippen molar-refractivity contribution >= 4 is 29.2 Å². The van der Waals surface area contributed by atoms with Gasteiger partial charge >= 0.3 is 5.97 Å². The second-order valence-electron chi connectivity index (χ2n) is 20.2. The van der Waals surface area contributed by atoms with E-state index in [9.17, 15) is 39.3 Å². The van der Waals surface area contributed by atoms with Crippen molar-refractivity contribution in [3.8, 4) is 0 Å². The number of amides is 1. The van der Waals surface area contributed by atoms with Gasteiger partial charge < -0.3 is 43.9 Å². The van der Waals surface area contributed by atoms with Gasteiger partial charge in [0.25, 0.3) is 11.7 Å². The summed E-state index contributed by atoms with van der Waals surface area (Å²) >= 11 is 0. The van der Waals surface area contributed by atoms with E-state index in [1.807, 2.05) is 58.1 Å². The molecule has 0 spiro atoms. The van der Waals surface area contributed by atoms with Crippen LogP contribution in [0.3, 0.4) is 0 Å². The molecule has 0 aromatic carbocycles. The average molecular weight is 928 g/mol. The zero-order valence-corrected chi connectivity index (χ0v) is 41.5. The minimum Gasteiger partial charge on any atom is -0.460 e. The van der Waals surface area contributed by atoms with Crippen LogP contribution in [0.25, 0.3) is 0 Å². The van der Waals surface area contributed by atoms with Gasteiger partial charge in [-0.25, -0.2) is 4.79 Å². The number of hydrogen-bond donors (Lipinski definition) is 3. The Kier molecular flexibility index (Phi) is 20.7. The number of piperidine rings is 1. The highest BCUT2D eigenvalue weighted by molar-refractivity contribution is 6.39. The van der Waals surface area contributed by atoms with Crippen molar-refractivity contribution < 1.29 is 63.0 Å². The zero-order chi connectivity index (χ0) is 49.1. The highest BCUT2D eigenvalue weighted by Crippen LogP contribution is 2.39. The number of nitrogens with zero attached hydrogens (tertiary/aromatic N) is 1. The summed E-state index contributed by atoms with van der Waals surface area (Å²) in [7, 11) is 4.52. The molecule has 3 heterocycles. The van der Waals surface area contributed by atoms with Crippen molar-refractivity contribution in [2.45, 2.75) is 186 Å². The molecule has 2 saturated heterocycles. The van der Waals surface area contributed by atoms with Crippen LogP contribution in [0.4, 0.5) is 0 Å². The smallest absolute Gasteiger partial charge is 0.332 e. The molecule has 2 bridgehead atoms. The first-order chi connectivity index (χ1) is 31.1. The Hall–Kier alpha value is -3.37. The molecular weight excluding hydrogens is 847 g/mol. The van der Waals surface area contributed by atoms with Crippen molar-refractivity contribution in [1.29, 1.82) is 0 Å². The minimum absolute atomic E-state index is 0.0171. The average Bonchev–Trinajstić information content (AvgIpc) is 3.28. The van der Waals surface area contributed by atoms with Crippen LogP contribution in [-0.4, -0.2) is 131 Å². The first-order valence-corrected chi connectivity index (χ1v) is 24.3. The topological polar surface area (TPSA) is 195 Å². The quantitative estimate of drug-likeness (QED) is 0.147. The summed E-state index contributed by atoms with van der Waals surface area (Å²) in [4.78, 5) is 72.6. The Bertz CT molecular complexity index is 1810. The molecule has 15 atom stereocenters. The normalized spacial score (nSPS) is 41.1. The predicted octanol–water partition coefficient (Wildman–Crippen LogP) is 6.57. The second kappa shape index (κ2) is 24.8. The maximum Gasteiger partial charge on any atom is 0.332 e. The number of fused-ring (bicyclic) bond motifs is 3. The molecule has 3 fully saturated rings. The Morgan fingerprint density at radius 3 is 2.24 bits per heavy atom. The molecule has 0 aromatic rings. The highest BCUT2D eigenvalue weighted by atomic mass is 16.6. The fourth-order valence-electron chi connectivity index (χ4n) is 10.4. The number of hydrogen-bond acceptors (Lipinski definition) is 13. The molecule has 4 aliphatic rings. The molecule has 66 heavy (non-hydrogen) atoms. The summed E-state index contributed by atoms with van der Waals surface area (Å²) in [5.41, 5.74) is -0.343. The number of cyclic esters (lactones) is 1. The lowest BCUT2D eigenvalue weighted by molar-refractivity contribution is -0.266. The summed E-state index contributed by atoms with van der Waals surface area (Å²) in [6.45, 7) is 14.3. The van der Waals surface area contributed by atoms with Crippen LogP contribution in [0.2, 0.25) is 0 Å². The molecule has 1 aliphatic carbocycles. The van der Waals surface area contributed by atoms with Crippen LogP contribution >= 0.6 is 0 Å². The van der Waals surface area contributed by atoms with Crippen molar-refractivity contribution in [1.82, 2.24) is 4.90 Å². The lowest BCUT2D eigenvalue weighted by atomic mass is 9.78. The van der Waals surface area contributed by atoms with E-state index in [0.717, 1.165) is 12.0 Å². The van der Waals surface area contributed by atoms with Crippen LogP contribution in [0.5, 0.6) is 0 Å². The van der Waals surface area contributed by atoms with E-state index < -0.39 is 83.4 Å². The number of allylic oxidation sites excluding steroid dienone is 6. The van der Waals surface area contributed by atoms with Gasteiger partial charge in [0.2, 0.25) is 5.79 Å². The molecule has 14 heteroatoms. The second-order valence-corrected chi connectivity index (χ2v) is 20.2. The maximum atomic E-state index is 14.7. The lowest BCUT2D eigenvalue weighted by Crippen LogP contribution is -2.64. The number of methoxy groups -OCH3 is 3. The van der Waals surface area contributed by atoms with Crippen molar-refractivity contribution in [3.63, 3.8) is 0 Å². The number of esters is 1. The van der Waals surface area contributed by atoms with Gasteiger partial charge in [-0.05, 0) is 114 Å². The third kappa shape index (κ3) is 13.7. The summed E-state index contributed by atoms with van der Waals surface area (Å²) in [6.07, 6.45) is 11.0. The van der Waals surface area contributed by atoms with Crippen molar-refractivity contribution in [3.05, 3.63) is 47.6 Å². The van der Waals surface area contributed by atoms with Gasteiger partial charge in [-0.1, -0.05) is 71.1 Å². The minimum atomic E-state index is -2.45. The molecule has 4 rings (SSSR count). The summed E-state index contributed by atoms with van der Waals surface area (Å²) < 4.78 is 29.5. The number of rotatable bonds is 6. The van der Waals surface area contributed by atoms with E-state index in [0.29, 0.717) is 63.4 Å². The van der Waals surface area contributed by atoms with Crippen molar-refractivity contribution in [2.24, 2.45) is 35.5 Å². The van der Waals surface area contributed by atoms with E-state index in [4.69, 9.17) is 23.7 Å². The SMILES string of the molecule is CO[C@H]1C[C@@H]2CC[C@@H](C)[C@@](O)(O2)C(=O)C(=O)N2CCCCC2(C)C(=O)O[C@H]([C@H](C)C[C@@H]2CC[C@@H](O)[C@H](OC)C2)CC(=O)[C@H](C)/C=C(\C)[C@@H](O)[C@@H](OC)C(=O)[C@H](C)C[C@H](C)/C=C/C=C/C=C/1C. The molecule has 0 radical (unpaired) electrons. The van der Waals surface area contributed by atoms with E-state index in [-0.39, 0.29) is 54.8 Å². The van der Waals surface area contributed by atoms with Crippen molar-refractivity contribution in [2.75, 3.05) is 27.9 Å². The van der Waals surface area contributed by atoms with Crippen LogP contribution in [-0.2, 0) is 47.7 Å². The van der Waals surface area contributed by atoms with Crippen LogP contribution in [0.15, 0.2) is 47.6 Å². The maximum absolute atomic E-state index is 14.7. The Morgan fingerprint density at radius 1 is 0.864 bits per heavy atom. The number of carbonyl (C=O) groups is 5. The van der Waals surface area contributed by atoms with Gasteiger partial charge in [-0.3, -0.25) is 19.2 Å². The van der Waals surface area contributed by atoms with E-state index in [2.05, 4.69) is 0 Å². The first-order valence-electron chi connectivity index (χ1n) is 24.3. The zero-order valence-electron chi connectivity index (χ0n) is 41.5. The van der Waals surface area contributed by atoms with E-state index >= 15 is 0 Å². The molecule has 3 aliphatic heterocycles. The van der Waals surface area contributed by atoms with Gasteiger partial charge in [-0.2, -0.15) is 0 Å². The summed E-state index contributed by atoms with van der Waals surface area (Å²) in [5.74, 6) is -8.07. The molecular formula is C52H81NO13. The lowest BCUT2D eigenvalue weighted by Gasteiger charge is -2.46. The molecule has 1 saturated carbocycles. The largest absolute Gasteiger partial charge is 0.460 e. The third-order valence-corrected chi connectivity index (χ3v) is 15.0. The fourth-order valence-corrected chi connectivity index (χ4v) is 10.4. The number of aliphatic hydroxyl groups excluding tert-OH is 2. The Labute approximate surface area is 393 Å². The standard InChI is InChI=1S/C52H81NO13/c1-31-17-13-12-14-18-32(2)42(62-9)29-39-21-19-37(7)52(61,66-39)48(58)49(59)53-24-16-15-23-51(53,8)50(60)65-43(34(4)27-38-20-22-40(54)44(28-38)63-10)30-41(55)33(3)26-36(6)46(57)47(64-11)45(56)35(5)25-31/h12-14,17-18,26,31,33-35,37-40,42-44,46-47,54,57,61H,15-16,19-25,27-30H2,1-11H3/b14-12+,17-13+,32-18+,36-26+/t31-,33-,34-,35-,37-,38+,39+,40-,42+,43+,44-,46-,47+,51?,52-/m1/s1. The molecule has 1 unspecified atom stereocenters. The number of ether oxygens (including phenoxy) is 5. The molecule has 372 valence electrons. The summed E-state index contributed by atoms with van der Waals surface area (Å²) in [6, 6.07) is 0. The van der Waals surface area contributed by atoms with Crippen LogP contribution < -0.4 is 0 Å². The van der Waals surface area contributed by atoms with E-state index in [1.54, 1.807) is 48.0 Å². The third-order valence-electron chi connectivity index (χ3n) is 15.0. The molecule has 1 amide bonds. The molecule has 3 N–H and O–H groups in total. The first kappa shape index (κ1) is 55.2. The number of Topliss-reactive ketones (excluding diaryl/α,β-unsaturated/α-hetero) is 3. The Morgan fingerprint density at radius 2 is 1.58 bits per heavy atom. The van der Waals surface area contributed by atoms with Gasteiger partial charge in [0.05, 0.1) is 24.4 Å². The predicted molar refractivity (Wildman–Crippen MR) is 250 cm³/mol. The highest BCUT2D eigenvalue weighted by Gasteiger charge is 2.55. The summed E-state index contributed by atoms with van der Waals surface area (Å²) in [5, 5.41) is 34.0. The van der Waals surface area contributed by atoms with Gasteiger partial charge in [0.15, 0.2) is 5.78 Å². The number of carbonyl (C=O) groups excluding carboxylic acids is 5.